The average molecular weight is 331 g/mol. The van der Waals surface area contributed by atoms with Gasteiger partial charge in [-0.15, -0.1) is 0 Å². The van der Waals surface area contributed by atoms with Crippen LogP contribution in [0.25, 0.3) is 10.8 Å². The van der Waals surface area contributed by atoms with E-state index in [4.69, 9.17) is 4.74 Å². The van der Waals surface area contributed by atoms with E-state index in [1.807, 2.05) is 0 Å². The number of fused-ring (bicyclic) bond motifs is 1. The van der Waals surface area contributed by atoms with Crippen molar-refractivity contribution in [1.82, 2.24) is 4.90 Å². The van der Waals surface area contributed by atoms with Crippen molar-refractivity contribution in [3.8, 4) is 5.75 Å². The van der Waals surface area contributed by atoms with E-state index in [0.29, 0.717) is 10.9 Å². The second-order valence-corrected chi connectivity index (χ2v) is 8.33. The molecule has 1 aliphatic heterocycles. The zero-order chi connectivity index (χ0) is 16.1. The van der Waals surface area contributed by atoms with Crippen LogP contribution in [0.4, 0.5) is 0 Å². The van der Waals surface area contributed by atoms with E-state index in [-0.39, 0.29) is 0 Å². The third-order valence-electron chi connectivity index (χ3n) is 4.75. The molecule has 0 bridgehead atoms. The van der Waals surface area contributed by atoms with Gasteiger partial charge in [-0.25, -0.2) is 0 Å². The zero-order valence-electron chi connectivity index (χ0n) is 14.4. The highest BCUT2D eigenvalue weighted by Gasteiger charge is 2.29. The fourth-order valence-corrected chi connectivity index (χ4v) is 5.82. The Bertz CT molecular complexity index is 633. The number of hydrogen-bond donors (Lipinski definition) is 0. The molecule has 0 radical (unpaired) electrons. The SMILES string of the molecule is CCN(CC)CCOc1ccc([S+]2CCCC2)c2ccccc12. The van der Waals surface area contributed by atoms with Crippen LogP contribution in [-0.4, -0.2) is 42.6 Å². The van der Waals surface area contributed by atoms with Crippen molar-refractivity contribution >= 4 is 21.7 Å². The molecule has 124 valence electrons. The Morgan fingerprint density at radius 1 is 0.957 bits per heavy atom. The van der Waals surface area contributed by atoms with Crippen LogP contribution in [0.1, 0.15) is 26.7 Å². The Morgan fingerprint density at radius 2 is 1.65 bits per heavy atom. The third-order valence-corrected chi connectivity index (χ3v) is 7.29. The molecule has 0 saturated carbocycles. The Labute approximate surface area is 143 Å². The van der Waals surface area contributed by atoms with Gasteiger partial charge in [-0.2, -0.15) is 0 Å². The van der Waals surface area contributed by atoms with Gasteiger partial charge in [0, 0.05) is 28.2 Å². The van der Waals surface area contributed by atoms with Crippen molar-refractivity contribution in [2.45, 2.75) is 31.6 Å². The number of likely N-dealkylation sites (N-methyl/N-ethyl adjacent to an activating group) is 1. The van der Waals surface area contributed by atoms with E-state index >= 15 is 0 Å². The van der Waals surface area contributed by atoms with E-state index < -0.39 is 0 Å². The summed E-state index contributed by atoms with van der Waals surface area (Å²) in [5, 5.41) is 2.68. The summed E-state index contributed by atoms with van der Waals surface area (Å²) in [5.74, 6) is 3.78. The van der Waals surface area contributed by atoms with Crippen LogP contribution in [0.15, 0.2) is 41.3 Å². The number of rotatable bonds is 7. The van der Waals surface area contributed by atoms with Gasteiger partial charge in [0.2, 0.25) is 0 Å². The van der Waals surface area contributed by atoms with Crippen molar-refractivity contribution < 1.29 is 4.74 Å². The van der Waals surface area contributed by atoms with E-state index in [9.17, 15) is 0 Å². The lowest BCUT2D eigenvalue weighted by atomic mass is 10.1. The van der Waals surface area contributed by atoms with E-state index in [2.05, 4.69) is 55.1 Å². The van der Waals surface area contributed by atoms with Crippen LogP contribution in [0.3, 0.4) is 0 Å². The summed E-state index contributed by atoms with van der Waals surface area (Å²) < 4.78 is 6.13. The first-order valence-corrected chi connectivity index (χ1v) is 10.4. The largest absolute Gasteiger partial charge is 0.492 e. The smallest absolute Gasteiger partial charge is 0.162 e. The predicted molar refractivity (Wildman–Crippen MR) is 102 cm³/mol. The highest BCUT2D eigenvalue weighted by Crippen LogP contribution is 2.34. The fourth-order valence-electron chi connectivity index (χ4n) is 3.32. The molecule has 0 aromatic heterocycles. The molecule has 1 heterocycles. The first kappa shape index (κ1) is 16.7. The summed E-state index contributed by atoms with van der Waals surface area (Å²) in [7, 11) is 0.447. The van der Waals surface area contributed by atoms with Gasteiger partial charge in [0.1, 0.15) is 23.9 Å². The molecule has 2 aromatic carbocycles. The topological polar surface area (TPSA) is 12.5 Å². The molecule has 2 nitrogen and oxygen atoms in total. The molecule has 0 aliphatic carbocycles. The highest BCUT2D eigenvalue weighted by atomic mass is 32.2. The van der Waals surface area contributed by atoms with Crippen LogP contribution >= 0.6 is 0 Å². The Balaban J connectivity index is 1.80. The highest BCUT2D eigenvalue weighted by molar-refractivity contribution is 7.97. The second-order valence-electron chi connectivity index (χ2n) is 6.09. The third kappa shape index (κ3) is 3.84. The molecular weight excluding hydrogens is 302 g/mol. The molecule has 0 atom stereocenters. The lowest BCUT2D eigenvalue weighted by Crippen LogP contribution is -2.27. The van der Waals surface area contributed by atoms with Crippen molar-refractivity contribution in [1.29, 1.82) is 0 Å². The van der Waals surface area contributed by atoms with Gasteiger partial charge in [-0.05, 0) is 44.1 Å². The van der Waals surface area contributed by atoms with Crippen molar-refractivity contribution in [3.05, 3.63) is 36.4 Å². The molecule has 0 spiro atoms. The van der Waals surface area contributed by atoms with E-state index in [1.54, 1.807) is 4.90 Å². The van der Waals surface area contributed by atoms with Gasteiger partial charge in [0.15, 0.2) is 4.90 Å². The molecule has 3 rings (SSSR count). The molecule has 1 aliphatic rings. The molecule has 2 aromatic rings. The zero-order valence-corrected chi connectivity index (χ0v) is 15.2. The Morgan fingerprint density at radius 3 is 2.35 bits per heavy atom. The van der Waals surface area contributed by atoms with Crippen molar-refractivity contribution in [2.75, 3.05) is 37.7 Å². The van der Waals surface area contributed by atoms with Crippen molar-refractivity contribution in [2.24, 2.45) is 0 Å². The maximum Gasteiger partial charge on any atom is 0.162 e. The molecule has 1 fully saturated rings. The van der Waals surface area contributed by atoms with Gasteiger partial charge in [0.05, 0.1) is 0 Å². The van der Waals surface area contributed by atoms with Gasteiger partial charge in [-0.1, -0.05) is 32.0 Å². The van der Waals surface area contributed by atoms with E-state index in [1.165, 1.54) is 35.1 Å². The van der Waals surface area contributed by atoms with Gasteiger partial charge in [-0.3, -0.25) is 0 Å². The molecule has 1 saturated heterocycles. The van der Waals surface area contributed by atoms with Crippen LogP contribution in [0.2, 0.25) is 0 Å². The predicted octanol–water partition coefficient (Wildman–Crippen LogP) is 4.33. The maximum atomic E-state index is 6.13. The van der Waals surface area contributed by atoms with Crippen LogP contribution < -0.4 is 4.74 Å². The number of hydrogen-bond acceptors (Lipinski definition) is 2. The van der Waals surface area contributed by atoms with Gasteiger partial charge in [0.25, 0.3) is 0 Å². The first-order chi connectivity index (χ1) is 11.3. The summed E-state index contributed by atoms with van der Waals surface area (Å²) in [6.45, 7) is 8.33. The summed E-state index contributed by atoms with van der Waals surface area (Å²) in [4.78, 5) is 3.95. The minimum atomic E-state index is 0.447. The summed E-state index contributed by atoms with van der Waals surface area (Å²) >= 11 is 0. The normalized spacial score (nSPS) is 15.6. The van der Waals surface area contributed by atoms with Crippen LogP contribution in [0, 0.1) is 0 Å². The van der Waals surface area contributed by atoms with Crippen LogP contribution in [-0.2, 0) is 10.9 Å². The lowest BCUT2D eigenvalue weighted by Gasteiger charge is -2.18. The summed E-state index contributed by atoms with van der Waals surface area (Å²) in [5.41, 5.74) is 0. The summed E-state index contributed by atoms with van der Waals surface area (Å²) in [6, 6.07) is 13.3. The van der Waals surface area contributed by atoms with Crippen LogP contribution in [0.5, 0.6) is 5.75 Å². The van der Waals surface area contributed by atoms with E-state index in [0.717, 1.165) is 32.0 Å². The number of nitrogens with zero attached hydrogens (tertiary/aromatic N) is 1. The fraction of sp³-hybridized carbons (Fsp3) is 0.500. The molecule has 23 heavy (non-hydrogen) atoms. The minimum Gasteiger partial charge on any atom is -0.492 e. The quantitative estimate of drug-likeness (QED) is 0.701. The monoisotopic (exact) mass is 330 g/mol. The Kier molecular flexibility index (Phi) is 5.85. The molecule has 0 amide bonds. The standard InChI is InChI=1S/C20H28NOS/c1-3-21(4-2)13-14-22-19-11-12-20(23-15-7-8-16-23)18-10-6-5-9-17(18)19/h5-6,9-12H,3-4,7-8,13-16H2,1-2H3/q+1. The molecule has 0 N–H and O–H groups in total. The minimum absolute atomic E-state index is 0.447. The summed E-state index contributed by atoms with van der Waals surface area (Å²) in [6.07, 6.45) is 2.78. The van der Waals surface area contributed by atoms with Crippen molar-refractivity contribution in [3.63, 3.8) is 0 Å². The average Bonchev–Trinajstić information content (AvgIpc) is 3.13. The van der Waals surface area contributed by atoms with Gasteiger partial charge >= 0.3 is 0 Å². The van der Waals surface area contributed by atoms with Gasteiger partial charge < -0.3 is 9.64 Å². The molecule has 3 heteroatoms. The number of benzene rings is 2. The molecule has 0 unspecified atom stereocenters. The second kappa shape index (κ2) is 8.07. The Hall–Kier alpha value is -1.19. The molecular formula is C20H28NOS+. The maximum absolute atomic E-state index is 6.13. The number of ether oxygens (including phenoxy) is 1. The first-order valence-electron chi connectivity index (χ1n) is 8.88. The lowest BCUT2D eigenvalue weighted by molar-refractivity contribution is 0.224.